The van der Waals surface area contributed by atoms with Crippen LogP contribution in [0.3, 0.4) is 0 Å². The van der Waals surface area contributed by atoms with Gasteiger partial charge in [0.25, 0.3) is 0 Å². The zero-order valence-electron chi connectivity index (χ0n) is 16.1. The van der Waals surface area contributed by atoms with E-state index in [1.54, 1.807) is 12.1 Å². The van der Waals surface area contributed by atoms with Crippen molar-refractivity contribution < 1.29 is 24.2 Å². The second kappa shape index (κ2) is 7.13. The minimum atomic E-state index is -0.962. The van der Waals surface area contributed by atoms with Crippen LogP contribution in [-0.4, -0.2) is 35.7 Å². The Morgan fingerprint density at radius 2 is 1.93 bits per heavy atom. The SMILES string of the molecule is C=CCN(C(=O)O)C1(c2ccc(C(OC)=C3C(=O)Oc4ccccc43)cc2)CC1. The van der Waals surface area contributed by atoms with Crippen LogP contribution in [0.5, 0.6) is 5.75 Å². The van der Waals surface area contributed by atoms with E-state index in [2.05, 4.69) is 6.58 Å². The number of benzene rings is 2. The smallest absolute Gasteiger partial charge is 0.408 e. The van der Waals surface area contributed by atoms with Gasteiger partial charge in [-0.2, -0.15) is 0 Å². The number of para-hydroxylation sites is 1. The number of nitrogens with zero attached hydrogens (tertiary/aromatic N) is 1. The van der Waals surface area contributed by atoms with Crippen molar-refractivity contribution in [1.82, 2.24) is 4.90 Å². The molecule has 1 aliphatic carbocycles. The predicted molar refractivity (Wildman–Crippen MR) is 108 cm³/mol. The summed E-state index contributed by atoms with van der Waals surface area (Å²) in [6.07, 6.45) is 2.17. The molecule has 1 amide bonds. The van der Waals surface area contributed by atoms with Crippen molar-refractivity contribution in [3.63, 3.8) is 0 Å². The van der Waals surface area contributed by atoms with Crippen LogP contribution >= 0.6 is 0 Å². The van der Waals surface area contributed by atoms with Gasteiger partial charge >= 0.3 is 12.1 Å². The van der Waals surface area contributed by atoms with Crippen LogP contribution in [-0.2, 0) is 15.1 Å². The summed E-state index contributed by atoms with van der Waals surface area (Å²) in [5, 5.41) is 9.59. The fraction of sp³-hybridized carbons (Fsp3) is 0.217. The third kappa shape index (κ3) is 3.06. The number of fused-ring (bicyclic) bond motifs is 1. The number of carbonyl (C=O) groups is 2. The average Bonchev–Trinajstić information content (AvgIpc) is 3.45. The standard InChI is InChI=1S/C23H21NO5/c1-3-14-24(22(26)27)23(12-13-23)16-10-8-15(9-11-16)20(28-2)19-17-6-4-5-7-18(17)29-21(19)25/h3-11H,1,12-14H2,2H3,(H,26,27). The molecule has 0 aromatic heterocycles. The van der Waals surface area contributed by atoms with E-state index in [0.29, 0.717) is 22.6 Å². The summed E-state index contributed by atoms with van der Waals surface area (Å²) >= 11 is 0. The predicted octanol–water partition coefficient (Wildman–Crippen LogP) is 4.28. The van der Waals surface area contributed by atoms with Gasteiger partial charge in [-0.05, 0) is 24.5 Å². The second-order valence-electron chi connectivity index (χ2n) is 7.08. The number of esters is 1. The van der Waals surface area contributed by atoms with E-state index in [-0.39, 0.29) is 6.54 Å². The topological polar surface area (TPSA) is 76.1 Å². The quantitative estimate of drug-likeness (QED) is 0.262. The van der Waals surface area contributed by atoms with Gasteiger partial charge in [0, 0.05) is 17.7 Å². The van der Waals surface area contributed by atoms with Crippen LogP contribution in [0.25, 0.3) is 11.3 Å². The Morgan fingerprint density at radius 3 is 2.52 bits per heavy atom. The van der Waals surface area contributed by atoms with Crippen LogP contribution in [0.1, 0.15) is 29.5 Å². The lowest BCUT2D eigenvalue weighted by atomic mass is 9.98. The van der Waals surface area contributed by atoms with Gasteiger partial charge in [-0.3, -0.25) is 4.90 Å². The van der Waals surface area contributed by atoms with Crippen molar-refractivity contribution in [3.8, 4) is 5.75 Å². The van der Waals surface area contributed by atoms with Crippen LogP contribution in [0.15, 0.2) is 61.2 Å². The van der Waals surface area contributed by atoms with Crippen LogP contribution < -0.4 is 4.74 Å². The van der Waals surface area contributed by atoms with E-state index in [4.69, 9.17) is 9.47 Å². The molecule has 0 spiro atoms. The number of carbonyl (C=O) groups excluding carboxylic acids is 1. The number of methoxy groups -OCH3 is 1. The third-order valence-electron chi connectivity index (χ3n) is 5.46. The van der Waals surface area contributed by atoms with E-state index in [1.165, 1.54) is 12.0 Å². The van der Waals surface area contributed by atoms with Gasteiger partial charge in [0.2, 0.25) is 0 Å². The van der Waals surface area contributed by atoms with Crippen molar-refractivity contribution in [2.45, 2.75) is 18.4 Å². The Bertz CT molecular complexity index is 1020. The maximum atomic E-state index is 12.4. The van der Waals surface area contributed by atoms with Crippen molar-refractivity contribution >= 4 is 23.4 Å². The second-order valence-corrected chi connectivity index (χ2v) is 7.08. The van der Waals surface area contributed by atoms with Gasteiger partial charge in [-0.1, -0.05) is 48.5 Å². The first kappa shape index (κ1) is 18.8. The van der Waals surface area contributed by atoms with Crippen molar-refractivity contribution in [1.29, 1.82) is 0 Å². The highest BCUT2D eigenvalue weighted by molar-refractivity contribution is 6.27. The molecule has 1 heterocycles. The fourth-order valence-corrected chi connectivity index (χ4v) is 3.93. The normalized spacial score (nSPS) is 17.8. The summed E-state index contributed by atoms with van der Waals surface area (Å²) in [7, 11) is 1.52. The molecule has 29 heavy (non-hydrogen) atoms. The number of hydrogen-bond acceptors (Lipinski definition) is 4. The molecule has 1 aliphatic heterocycles. The fourth-order valence-electron chi connectivity index (χ4n) is 3.93. The number of hydrogen-bond donors (Lipinski definition) is 1. The zero-order valence-corrected chi connectivity index (χ0v) is 16.1. The van der Waals surface area contributed by atoms with Crippen molar-refractivity contribution in [3.05, 3.63) is 77.9 Å². The Balaban J connectivity index is 1.72. The van der Waals surface area contributed by atoms with Gasteiger partial charge in [-0.15, -0.1) is 6.58 Å². The molecule has 0 unspecified atom stereocenters. The molecular formula is C23H21NO5. The maximum Gasteiger partial charge on any atom is 0.408 e. The van der Waals surface area contributed by atoms with Crippen molar-refractivity contribution in [2.75, 3.05) is 13.7 Å². The summed E-state index contributed by atoms with van der Waals surface area (Å²) < 4.78 is 10.9. The van der Waals surface area contributed by atoms with E-state index >= 15 is 0 Å². The van der Waals surface area contributed by atoms with Gasteiger partial charge in [0.1, 0.15) is 17.1 Å². The zero-order chi connectivity index (χ0) is 20.6. The molecule has 6 heteroatoms. The average molecular weight is 391 g/mol. The van der Waals surface area contributed by atoms with E-state index in [1.807, 2.05) is 42.5 Å². The highest BCUT2D eigenvalue weighted by Gasteiger charge is 2.51. The lowest BCUT2D eigenvalue weighted by molar-refractivity contribution is -0.127. The molecule has 0 atom stereocenters. The molecule has 4 rings (SSSR count). The molecular weight excluding hydrogens is 370 g/mol. The Morgan fingerprint density at radius 1 is 1.24 bits per heavy atom. The molecule has 1 N–H and O–H groups in total. The molecule has 0 bridgehead atoms. The minimum absolute atomic E-state index is 0.271. The van der Waals surface area contributed by atoms with E-state index < -0.39 is 17.6 Å². The highest BCUT2D eigenvalue weighted by atomic mass is 16.5. The van der Waals surface area contributed by atoms with Crippen LogP contribution in [0.4, 0.5) is 4.79 Å². The molecule has 0 radical (unpaired) electrons. The maximum absolute atomic E-state index is 12.4. The van der Waals surface area contributed by atoms with Gasteiger partial charge in [0.05, 0.1) is 12.6 Å². The number of carboxylic acid groups (broad SMARTS) is 1. The summed E-state index contributed by atoms with van der Waals surface area (Å²) in [5.41, 5.74) is 2.20. The van der Waals surface area contributed by atoms with E-state index in [9.17, 15) is 14.7 Å². The third-order valence-corrected chi connectivity index (χ3v) is 5.46. The minimum Gasteiger partial charge on any atom is -0.495 e. The first-order valence-electron chi connectivity index (χ1n) is 9.34. The number of amides is 1. The molecule has 1 fully saturated rings. The van der Waals surface area contributed by atoms with Gasteiger partial charge in [0.15, 0.2) is 0 Å². The Hall–Kier alpha value is -3.54. The lowest BCUT2D eigenvalue weighted by Crippen LogP contribution is -2.39. The summed E-state index contributed by atoms with van der Waals surface area (Å²) in [6, 6.07) is 14.7. The van der Waals surface area contributed by atoms with Crippen molar-refractivity contribution in [2.24, 2.45) is 0 Å². The Labute approximate surface area is 168 Å². The largest absolute Gasteiger partial charge is 0.495 e. The van der Waals surface area contributed by atoms with E-state index in [0.717, 1.165) is 24.0 Å². The van der Waals surface area contributed by atoms with Gasteiger partial charge in [-0.25, -0.2) is 9.59 Å². The number of ether oxygens (including phenoxy) is 2. The lowest BCUT2D eigenvalue weighted by Gasteiger charge is -2.29. The molecule has 2 aromatic carbocycles. The van der Waals surface area contributed by atoms with Gasteiger partial charge < -0.3 is 14.6 Å². The molecule has 0 saturated heterocycles. The molecule has 2 aromatic rings. The molecule has 2 aliphatic rings. The Kier molecular flexibility index (Phi) is 4.62. The molecule has 148 valence electrons. The van der Waals surface area contributed by atoms with Crippen LogP contribution in [0, 0.1) is 0 Å². The highest BCUT2D eigenvalue weighted by Crippen LogP contribution is 2.51. The number of rotatable bonds is 6. The first-order valence-corrected chi connectivity index (χ1v) is 9.34. The summed E-state index contributed by atoms with van der Waals surface area (Å²) in [4.78, 5) is 25.6. The summed E-state index contributed by atoms with van der Waals surface area (Å²) in [6.45, 7) is 3.94. The first-order chi connectivity index (χ1) is 14.0. The molecule has 6 nitrogen and oxygen atoms in total. The summed E-state index contributed by atoms with van der Waals surface area (Å²) in [5.74, 6) is 0.489. The molecule has 1 saturated carbocycles. The monoisotopic (exact) mass is 391 g/mol. The van der Waals surface area contributed by atoms with Crippen LogP contribution in [0.2, 0.25) is 0 Å².